The van der Waals surface area contributed by atoms with E-state index in [-0.39, 0.29) is 30.6 Å². The van der Waals surface area contributed by atoms with Crippen molar-refractivity contribution in [2.24, 2.45) is 5.92 Å². The lowest BCUT2D eigenvalue weighted by Gasteiger charge is -2.16. The predicted molar refractivity (Wildman–Crippen MR) is 85.1 cm³/mol. The van der Waals surface area contributed by atoms with Crippen LogP contribution in [-0.4, -0.2) is 35.8 Å². The molecule has 1 unspecified atom stereocenters. The average molecular weight is 337 g/mol. The Morgan fingerprint density at radius 3 is 2.92 bits per heavy atom. The number of nitrogens with one attached hydrogen (secondary N) is 1. The molecule has 2 fully saturated rings. The first kappa shape index (κ1) is 16.8. The van der Waals surface area contributed by atoms with E-state index in [1.807, 2.05) is 0 Å². The zero-order chi connectivity index (χ0) is 17.2. The maximum absolute atomic E-state index is 13.1. The zero-order valence-electron chi connectivity index (χ0n) is 13.4. The number of carbonyl (C=O) groups is 2. The lowest BCUT2D eigenvalue weighted by molar-refractivity contribution is -0.117. The summed E-state index contributed by atoms with van der Waals surface area (Å²) >= 11 is 0. The maximum Gasteiger partial charge on any atom is 0.252 e. The number of nitrogens with zero attached hydrogens (tertiary/aromatic N) is 2. The van der Waals surface area contributed by atoms with Crippen LogP contribution in [0, 0.1) is 5.92 Å². The lowest BCUT2D eigenvalue weighted by Crippen LogP contribution is -2.27. The van der Waals surface area contributed by atoms with Gasteiger partial charge < -0.3 is 10.2 Å². The first-order valence-corrected chi connectivity index (χ1v) is 8.36. The van der Waals surface area contributed by atoms with Crippen LogP contribution in [0.15, 0.2) is 18.5 Å². The number of aromatic nitrogens is 1. The Balaban J connectivity index is 1.53. The van der Waals surface area contributed by atoms with Gasteiger partial charge in [-0.3, -0.25) is 14.6 Å². The topological polar surface area (TPSA) is 62.3 Å². The Bertz CT molecular complexity index is 636. The number of halogens is 2. The first-order valence-electron chi connectivity index (χ1n) is 8.36. The van der Waals surface area contributed by atoms with Crippen molar-refractivity contribution in [3.05, 3.63) is 24.0 Å². The van der Waals surface area contributed by atoms with Crippen LogP contribution in [0.2, 0.25) is 0 Å². The molecule has 5 nitrogen and oxygen atoms in total. The first-order chi connectivity index (χ1) is 11.4. The normalized spacial score (nSPS) is 22.8. The van der Waals surface area contributed by atoms with Crippen molar-refractivity contribution in [3.8, 4) is 0 Å². The van der Waals surface area contributed by atoms with Gasteiger partial charge in [0, 0.05) is 38.5 Å². The molecule has 2 aliphatic rings. The molecule has 1 aliphatic carbocycles. The summed E-state index contributed by atoms with van der Waals surface area (Å²) in [7, 11) is 0. The molecule has 2 amide bonds. The molecule has 2 heterocycles. The third-order valence-corrected chi connectivity index (χ3v) is 4.71. The van der Waals surface area contributed by atoms with E-state index in [0.29, 0.717) is 43.6 Å². The van der Waals surface area contributed by atoms with Gasteiger partial charge in [0.2, 0.25) is 11.8 Å². The molecule has 3 rings (SSSR count). The monoisotopic (exact) mass is 337 g/mol. The van der Waals surface area contributed by atoms with Crippen LogP contribution >= 0.6 is 0 Å². The average Bonchev–Trinajstić information content (AvgIpc) is 3.12. The number of hydrogen-bond acceptors (Lipinski definition) is 3. The Kier molecular flexibility index (Phi) is 4.78. The number of carbonyl (C=O) groups excluding carboxylic acids is 2. The van der Waals surface area contributed by atoms with Crippen LogP contribution in [0.5, 0.6) is 0 Å². The van der Waals surface area contributed by atoms with Crippen LogP contribution in [0.4, 0.5) is 14.5 Å². The number of rotatable bonds is 5. The van der Waals surface area contributed by atoms with E-state index in [1.165, 1.54) is 6.20 Å². The van der Waals surface area contributed by atoms with E-state index in [1.54, 1.807) is 17.2 Å². The molecule has 0 spiro atoms. The third kappa shape index (κ3) is 3.88. The zero-order valence-corrected chi connectivity index (χ0v) is 13.4. The van der Waals surface area contributed by atoms with Gasteiger partial charge >= 0.3 is 0 Å². The molecule has 1 saturated carbocycles. The van der Waals surface area contributed by atoms with E-state index < -0.39 is 5.92 Å². The fraction of sp³-hybridized carbons (Fsp3) is 0.588. The van der Waals surface area contributed by atoms with E-state index in [2.05, 4.69) is 10.3 Å². The highest BCUT2D eigenvalue weighted by Crippen LogP contribution is 2.40. The van der Waals surface area contributed by atoms with Crippen molar-refractivity contribution in [2.45, 2.75) is 44.4 Å². The van der Waals surface area contributed by atoms with Gasteiger partial charge in [-0.15, -0.1) is 0 Å². The smallest absolute Gasteiger partial charge is 0.252 e. The number of pyridine rings is 1. The van der Waals surface area contributed by atoms with Gasteiger partial charge in [0.25, 0.3) is 5.91 Å². The fourth-order valence-corrected chi connectivity index (χ4v) is 3.40. The molecule has 1 aromatic heterocycles. The Morgan fingerprint density at radius 1 is 1.42 bits per heavy atom. The van der Waals surface area contributed by atoms with Gasteiger partial charge in [-0.1, -0.05) is 0 Å². The van der Waals surface area contributed by atoms with E-state index in [4.69, 9.17) is 0 Å². The minimum Gasteiger partial charge on any atom is -0.352 e. The molecule has 0 radical (unpaired) electrons. The highest BCUT2D eigenvalue weighted by atomic mass is 19.3. The van der Waals surface area contributed by atoms with Crippen molar-refractivity contribution >= 4 is 17.5 Å². The summed E-state index contributed by atoms with van der Waals surface area (Å²) in [6.07, 6.45) is 5.27. The Labute approximate surface area is 139 Å². The van der Waals surface area contributed by atoms with Crippen LogP contribution < -0.4 is 10.2 Å². The van der Waals surface area contributed by atoms with Crippen LogP contribution in [0.1, 0.15) is 48.9 Å². The van der Waals surface area contributed by atoms with Gasteiger partial charge in [0.15, 0.2) is 0 Å². The number of alkyl halides is 2. The molecule has 1 aromatic rings. The molecule has 0 bridgehead atoms. The predicted octanol–water partition coefficient (Wildman–Crippen LogP) is 2.76. The summed E-state index contributed by atoms with van der Waals surface area (Å²) in [6, 6.07) is 1.65. The van der Waals surface area contributed by atoms with Crippen molar-refractivity contribution in [3.63, 3.8) is 0 Å². The molecule has 24 heavy (non-hydrogen) atoms. The van der Waals surface area contributed by atoms with Crippen LogP contribution in [-0.2, 0) is 4.79 Å². The van der Waals surface area contributed by atoms with Crippen LogP contribution in [0.3, 0.4) is 0 Å². The lowest BCUT2D eigenvalue weighted by atomic mass is 10.0. The van der Waals surface area contributed by atoms with Gasteiger partial charge in [-0.05, 0) is 31.2 Å². The third-order valence-electron chi connectivity index (χ3n) is 4.71. The molecular weight excluding hydrogens is 316 g/mol. The highest BCUT2D eigenvalue weighted by Gasteiger charge is 2.38. The van der Waals surface area contributed by atoms with Crippen molar-refractivity contribution < 1.29 is 18.4 Å². The summed E-state index contributed by atoms with van der Waals surface area (Å²) in [4.78, 5) is 29.6. The largest absolute Gasteiger partial charge is 0.352 e. The van der Waals surface area contributed by atoms with Gasteiger partial charge in [-0.25, -0.2) is 8.78 Å². The molecular formula is C17H21F2N3O2. The number of anilines is 1. The summed E-state index contributed by atoms with van der Waals surface area (Å²) in [5.41, 5.74) is 1.00. The fourth-order valence-electron chi connectivity index (χ4n) is 3.40. The second-order valence-electron chi connectivity index (χ2n) is 6.59. The summed E-state index contributed by atoms with van der Waals surface area (Å²) < 4.78 is 26.3. The molecule has 130 valence electrons. The van der Waals surface area contributed by atoms with Crippen LogP contribution in [0.25, 0.3) is 0 Å². The van der Waals surface area contributed by atoms with Gasteiger partial charge in [-0.2, -0.15) is 0 Å². The highest BCUT2D eigenvalue weighted by molar-refractivity contribution is 5.98. The maximum atomic E-state index is 13.1. The van der Waals surface area contributed by atoms with Gasteiger partial charge in [0.05, 0.1) is 17.4 Å². The van der Waals surface area contributed by atoms with Gasteiger partial charge in [0.1, 0.15) is 0 Å². The number of amides is 2. The quantitative estimate of drug-likeness (QED) is 0.899. The molecule has 1 aliphatic heterocycles. The molecule has 0 aromatic carbocycles. The summed E-state index contributed by atoms with van der Waals surface area (Å²) in [5, 5.41) is 2.75. The van der Waals surface area contributed by atoms with E-state index >= 15 is 0 Å². The second kappa shape index (κ2) is 6.83. The van der Waals surface area contributed by atoms with Crippen molar-refractivity contribution in [2.75, 3.05) is 18.0 Å². The Morgan fingerprint density at radius 2 is 2.25 bits per heavy atom. The molecule has 1 atom stereocenters. The molecule has 7 heteroatoms. The minimum atomic E-state index is -2.55. The molecule has 1 saturated heterocycles. The number of hydrogen-bond donors (Lipinski definition) is 1. The summed E-state index contributed by atoms with van der Waals surface area (Å²) in [6.45, 7) is 1.01. The Hall–Kier alpha value is -2.05. The standard InChI is InChI=1S/C17H21F2N3O2/c18-17(19)5-3-12(9-17)4-6-21-16(24)13-8-14(11-20-10-13)22-7-1-2-15(22)23/h8,10-12H,1-7,9H2,(H,21,24). The van der Waals surface area contributed by atoms with Crippen molar-refractivity contribution in [1.82, 2.24) is 10.3 Å². The summed E-state index contributed by atoms with van der Waals surface area (Å²) in [5.74, 6) is -2.83. The van der Waals surface area contributed by atoms with E-state index in [9.17, 15) is 18.4 Å². The SMILES string of the molecule is O=C(NCCC1CCC(F)(F)C1)c1cncc(N2CCCC2=O)c1. The minimum absolute atomic E-state index is 0.0352. The van der Waals surface area contributed by atoms with E-state index in [0.717, 1.165) is 6.42 Å². The molecule has 1 N–H and O–H groups in total. The van der Waals surface area contributed by atoms with Crippen molar-refractivity contribution in [1.29, 1.82) is 0 Å². The second-order valence-corrected chi connectivity index (χ2v) is 6.59.